The third-order valence-corrected chi connectivity index (χ3v) is 3.58. The molecule has 0 aliphatic carbocycles. The molecule has 2 nitrogen and oxygen atoms in total. The molecule has 1 unspecified atom stereocenters. The summed E-state index contributed by atoms with van der Waals surface area (Å²) in [7, 11) is 1.74. The Morgan fingerprint density at radius 3 is 3.00 bits per heavy atom. The number of hydrogen-bond donors (Lipinski definition) is 1. The average Bonchev–Trinajstić information content (AvgIpc) is 2.75. The van der Waals surface area contributed by atoms with Crippen LogP contribution in [0.5, 0.6) is 0 Å². The highest BCUT2D eigenvalue weighted by molar-refractivity contribution is 7.17. The topological polar surface area (TPSA) is 21.3 Å². The van der Waals surface area contributed by atoms with Crippen molar-refractivity contribution in [1.29, 1.82) is 0 Å². The van der Waals surface area contributed by atoms with Crippen LogP contribution in [-0.2, 0) is 4.74 Å². The Hall–Kier alpha value is -1.06. The molecule has 2 aromatic rings. The zero-order valence-electron chi connectivity index (χ0n) is 9.69. The van der Waals surface area contributed by atoms with Gasteiger partial charge in [0.25, 0.3) is 0 Å². The van der Waals surface area contributed by atoms with Gasteiger partial charge in [0.05, 0.1) is 6.61 Å². The molecule has 16 heavy (non-hydrogen) atoms. The summed E-state index contributed by atoms with van der Waals surface area (Å²) in [5.74, 6) is 0. The molecule has 0 spiro atoms. The zero-order valence-corrected chi connectivity index (χ0v) is 10.5. The largest absolute Gasteiger partial charge is 0.383 e. The first kappa shape index (κ1) is 11.4. The number of rotatable bonds is 5. The van der Waals surface area contributed by atoms with E-state index < -0.39 is 0 Å². The molecular formula is C13H17NOS. The Labute approximate surface area is 100 Å². The van der Waals surface area contributed by atoms with Crippen LogP contribution in [0.3, 0.4) is 0 Å². The standard InChI is InChI=1S/C13H17NOS/c1-3-11(9-15-2)14-12-4-5-13-10(8-12)6-7-16-13/h4-8,11,14H,3,9H2,1-2H3. The Balaban J connectivity index is 2.13. The lowest BCUT2D eigenvalue weighted by Crippen LogP contribution is -2.23. The third-order valence-electron chi connectivity index (χ3n) is 2.68. The number of fused-ring (bicyclic) bond motifs is 1. The Morgan fingerprint density at radius 1 is 1.38 bits per heavy atom. The van der Waals surface area contributed by atoms with Gasteiger partial charge in [-0.05, 0) is 41.5 Å². The number of ether oxygens (including phenoxy) is 1. The van der Waals surface area contributed by atoms with E-state index in [9.17, 15) is 0 Å². The highest BCUT2D eigenvalue weighted by Crippen LogP contribution is 2.24. The summed E-state index contributed by atoms with van der Waals surface area (Å²) in [5.41, 5.74) is 1.18. The molecule has 2 rings (SSSR count). The van der Waals surface area contributed by atoms with E-state index >= 15 is 0 Å². The Kier molecular flexibility index (Phi) is 3.80. The zero-order chi connectivity index (χ0) is 11.4. The summed E-state index contributed by atoms with van der Waals surface area (Å²) in [4.78, 5) is 0. The van der Waals surface area contributed by atoms with E-state index in [4.69, 9.17) is 4.74 Å². The first-order valence-corrected chi connectivity index (χ1v) is 6.44. The second-order valence-corrected chi connectivity index (χ2v) is 4.83. The minimum Gasteiger partial charge on any atom is -0.383 e. The average molecular weight is 235 g/mol. The summed E-state index contributed by atoms with van der Waals surface area (Å²) in [6, 6.07) is 9.05. The quantitative estimate of drug-likeness (QED) is 0.852. The van der Waals surface area contributed by atoms with E-state index in [-0.39, 0.29) is 0 Å². The lowest BCUT2D eigenvalue weighted by Gasteiger charge is -2.17. The number of hydrogen-bond acceptors (Lipinski definition) is 3. The maximum atomic E-state index is 5.18. The molecule has 0 bridgehead atoms. The smallest absolute Gasteiger partial charge is 0.0663 e. The van der Waals surface area contributed by atoms with Crippen molar-refractivity contribution in [2.75, 3.05) is 19.0 Å². The number of anilines is 1. The molecule has 1 aromatic carbocycles. The number of thiophene rings is 1. The summed E-state index contributed by atoms with van der Waals surface area (Å²) in [6.45, 7) is 2.91. The van der Waals surface area contributed by atoms with Gasteiger partial charge in [0.1, 0.15) is 0 Å². The first-order chi connectivity index (χ1) is 7.83. The third kappa shape index (κ3) is 2.54. The van der Waals surface area contributed by atoms with Gasteiger partial charge in [-0.2, -0.15) is 0 Å². The van der Waals surface area contributed by atoms with Crippen LogP contribution in [0.25, 0.3) is 10.1 Å². The van der Waals surface area contributed by atoms with Crippen molar-refractivity contribution in [2.45, 2.75) is 19.4 Å². The number of nitrogens with one attached hydrogen (secondary N) is 1. The molecule has 0 fully saturated rings. The lowest BCUT2D eigenvalue weighted by molar-refractivity contribution is 0.184. The fourth-order valence-electron chi connectivity index (χ4n) is 1.75. The monoisotopic (exact) mass is 235 g/mol. The van der Waals surface area contributed by atoms with Crippen LogP contribution in [-0.4, -0.2) is 19.8 Å². The van der Waals surface area contributed by atoms with Gasteiger partial charge in [-0.25, -0.2) is 0 Å². The summed E-state index contributed by atoms with van der Waals surface area (Å²) >= 11 is 1.78. The summed E-state index contributed by atoms with van der Waals surface area (Å²) in [6.07, 6.45) is 1.06. The van der Waals surface area contributed by atoms with Crippen LogP contribution in [0.1, 0.15) is 13.3 Å². The van der Waals surface area contributed by atoms with Gasteiger partial charge in [0.2, 0.25) is 0 Å². The van der Waals surface area contributed by atoms with E-state index in [2.05, 4.69) is 41.9 Å². The van der Waals surface area contributed by atoms with Gasteiger partial charge in [0.15, 0.2) is 0 Å². The Bertz CT molecular complexity index is 452. The lowest BCUT2D eigenvalue weighted by atomic mass is 10.2. The molecule has 1 heterocycles. The van der Waals surface area contributed by atoms with Gasteiger partial charge in [-0.15, -0.1) is 11.3 Å². The maximum Gasteiger partial charge on any atom is 0.0663 e. The molecule has 0 saturated carbocycles. The van der Waals surface area contributed by atoms with Crippen LogP contribution in [0.15, 0.2) is 29.6 Å². The van der Waals surface area contributed by atoms with Crippen LogP contribution < -0.4 is 5.32 Å². The molecule has 0 amide bonds. The first-order valence-electron chi connectivity index (χ1n) is 5.56. The highest BCUT2D eigenvalue weighted by atomic mass is 32.1. The minimum absolute atomic E-state index is 0.390. The van der Waals surface area contributed by atoms with Gasteiger partial charge in [-0.1, -0.05) is 6.92 Å². The van der Waals surface area contributed by atoms with Crippen molar-refractivity contribution in [3.63, 3.8) is 0 Å². The molecule has 1 N–H and O–H groups in total. The molecule has 0 radical (unpaired) electrons. The molecule has 0 saturated heterocycles. The van der Waals surface area contributed by atoms with Gasteiger partial charge >= 0.3 is 0 Å². The second kappa shape index (κ2) is 5.32. The molecule has 1 aromatic heterocycles. The van der Waals surface area contributed by atoms with E-state index in [0.29, 0.717) is 6.04 Å². The summed E-state index contributed by atoms with van der Waals surface area (Å²) in [5, 5.41) is 6.92. The van der Waals surface area contributed by atoms with E-state index in [1.54, 1.807) is 18.4 Å². The maximum absolute atomic E-state index is 5.18. The van der Waals surface area contributed by atoms with Crippen molar-refractivity contribution < 1.29 is 4.74 Å². The van der Waals surface area contributed by atoms with E-state index in [1.165, 1.54) is 15.8 Å². The van der Waals surface area contributed by atoms with Crippen molar-refractivity contribution in [3.05, 3.63) is 29.6 Å². The van der Waals surface area contributed by atoms with Crippen LogP contribution >= 0.6 is 11.3 Å². The van der Waals surface area contributed by atoms with Gasteiger partial charge in [-0.3, -0.25) is 0 Å². The van der Waals surface area contributed by atoms with E-state index in [1.807, 2.05) is 0 Å². The fourth-order valence-corrected chi connectivity index (χ4v) is 2.53. The van der Waals surface area contributed by atoms with Crippen molar-refractivity contribution in [1.82, 2.24) is 0 Å². The molecule has 0 aliphatic rings. The minimum atomic E-state index is 0.390. The van der Waals surface area contributed by atoms with Crippen molar-refractivity contribution >= 4 is 27.1 Å². The van der Waals surface area contributed by atoms with Gasteiger partial charge < -0.3 is 10.1 Å². The van der Waals surface area contributed by atoms with Crippen LogP contribution in [0.2, 0.25) is 0 Å². The SMILES string of the molecule is CCC(COC)Nc1ccc2sccc2c1. The number of benzene rings is 1. The molecule has 1 atom stereocenters. The van der Waals surface area contributed by atoms with E-state index in [0.717, 1.165) is 13.0 Å². The normalized spacial score (nSPS) is 12.9. The van der Waals surface area contributed by atoms with Crippen molar-refractivity contribution in [3.8, 4) is 0 Å². The van der Waals surface area contributed by atoms with Gasteiger partial charge in [0, 0.05) is 23.5 Å². The number of methoxy groups -OCH3 is 1. The molecule has 3 heteroatoms. The van der Waals surface area contributed by atoms with Crippen LogP contribution in [0, 0.1) is 0 Å². The highest BCUT2D eigenvalue weighted by Gasteiger charge is 2.05. The summed E-state index contributed by atoms with van der Waals surface area (Å²) < 4.78 is 6.52. The van der Waals surface area contributed by atoms with Crippen LogP contribution in [0.4, 0.5) is 5.69 Å². The predicted octanol–water partition coefficient (Wildman–Crippen LogP) is 3.74. The molecule has 0 aliphatic heterocycles. The Morgan fingerprint density at radius 2 is 2.25 bits per heavy atom. The predicted molar refractivity (Wildman–Crippen MR) is 71.4 cm³/mol. The molecular weight excluding hydrogens is 218 g/mol. The fraction of sp³-hybridized carbons (Fsp3) is 0.385. The second-order valence-electron chi connectivity index (χ2n) is 3.88. The van der Waals surface area contributed by atoms with Crippen molar-refractivity contribution in [2.24, 2.45) is 0 Å². The molecule has 86 valence electrons.